The summed E-state index contributed by atoms with van der Waals surface area (Å²) >= 11 is 0.891. The van der Waals surface area contributed by atoms with Crippen LogP contribution in [0.1, 0.15) is 35.6 Å². The number of aryl methyl sites for hydroxylation is 2. The van der Waals surface area contributed by atoms with Crippen molar-refractivity contribution >= 4 is 34.9 Å². The SMILES string of the molecule is Cc1noc(C)c1-c1cccc(CNCC2CCN(c3nccc(/C=C4\SC(=O)NC4=O)n3)CC2)c1. The first-order valence-corrected chi connectivity index (χ1v) is 12.8. The van der Waals surface area contributed by atoms with E-state index in [9.17, 15) is 9.59 Å². The predicted molar refractivity (Wildman–Crippen MR) is 139 cm³/mol. The third kappa shape index (κ3) is 5.50. The van der Waals surface area contributed by atoms with E-state index in [1.54, 1.807) is 18.3 Å². The highest BCUT2D eigenvalue weighted by Crippen LogP contribution is 2.28. The smallest absolute Gasteiger partial charge is 0.290 e. The van der Waals surface area contributed by atoms with E-state index in [0.717, 1.165) is 73.4 Å². The molecule has 10 heteroatoms. The van der Waals surface area contributed by atoms with Gasteiger partial charge in [0.2, 0.25) is 5.95 Å². The van der Waals surface area contributed by atoms with Gasteiger partial charge in [0, 0.05) is 31.4 Å². The van der Waals surface area contributed by atoms with Crippen LogP contribution in [0.4, 0.5) is 10.7 Å². The van der Waals surface area contributed by atoms with Gasteiger partial charge in [0.25, 0.3) is 11.1 Å². The molecule has 1 aromatic carbocycles. The summed E-state index contributed by atoms with van der Waals surface area (Å²) in [5, 5.41) is 9.60. The van der Waals surface area contributed by atoms with Crippen LogP contribution in [0, 0.1) is 19.8 Å². The number of hydrogen-bond donors (Lipinski definition) is 2. The Hall–Kier alpha value is -3.50. The maximum Gasteiger partial charge on any atom is 0.290 e. The highest BCUT2D eigenvalue weighted by Gasteiger charge is 2.26. The normalized spacial score (nSPS) is 17.7. The van der Waals surface area contributed by atoms with Crippen LogP contribution < -0.4 is 15.5 Å². The molecule has 3 aromatic rings. The average molecular weight is 505 g/mol. The van der Waals surface area contributed by atoms with Crippen molar-refractivity contribution in [2.45, 2.75) is 33.2 Å². The number of anilines is 1. The fourth-order valence-electron chi connectivity index (χ4n) is 4.64. The van der Waals surface area contributed by atoms with Gasteiger partial charge in [-0.15, -0.1) is 0 Å². The van der Waals surface area contributed by atoms with E-state index in [4.69, 9.17) is 4.52 Å². The predicted octanol–water partition coefficient (Wildman–Crippen LogP) is 4.08. The molecule has 2 aliphatic heterocycles. The second-order valence-corrected chi connectivity index (χ2v) is 10.1. The number of amides is 2. The Morgan fingerprint density at radius 1 is 1.22 bits per heavy atom. The van der Waals surface area contributed by atoms with Gasteiger partial charge in [-0.3, -0.25) is 14.9 Å². The van der Waals surface area contributed by atoms with Gasteiger partial charge in [0.1, 0.15) is 5.76 Å². The standard InChI is InChI=1S/C26H28N6O3S/c1-16-23(17(2)35-31-16)20-5-3-4-19(12-20)15-27-14-18-7-10-32(11-8-18)25-28-9-6-21(29-25)13-22-24(33)30-26(34)36-22/h3-6,9,12-13,18,27H,7-8,10-11,14-15H2,1-2H3,(H,30,33,34)/b22-13-. The second-order valence-electron chi connectivity index (χ2n) is 9.09. The maximum atomic E-state index is 11.8. The van der Waals surface area contributed by atoms with Gasteiger partial charge in [-0.25, -0.2) is 9.97 Å². The summed E-state index contributed by atoms with van der Waals surface area (Å²) in [6.45, 7) is 7.43. The van der Waals surface area contributed by atoms with Gasteiger partial charge in [-0.05, 0) is 80.2 Å². The van der Waals surface area contributed by atoms with Crippen LogP contribution in [0.2, 0.25) is 0 Å². The summed E-state index contributed by atoms with van der Waals surface area (Å²) in [4.78, 5) is 34.7. The van der Waals surface area contributed by atoms with Crippen LogP contribution in [0.25, 0.3) is 17.2 Å². The lowest BCUT2D eigenvalue weighted by atomic mass is 9.96. The summed E-state index contributed by atoms with van der Waals surface area (Å²) in [5.41, 5.74) is 4.98. The average Bonchev–Trinajstić information content (AvgIpc) is 3.38. The quantitative estimate of drug-likeness (QED) is 0.460. The Balaban J connectivity index is 1.12. The van der Waals surface area contributed by atoms with Crippen molar-refractivity contribution in [1.29, 1.82) is 0 Å². The number of carbonyl (C=O) groups is 2. The molecule has 0 aliphatic carbocycles. The largest absolute Gasteiger partial charge is 0.361 e. The van der Waals surface area contributed by atoms with E-state index in [1.165, 1.54) is 5.56 Å². The molecule has 4 heterocycles. The van der Waals surface area contributed by atoms with E-state index in [-0.39, 0.29) is 11.1 Å². The van der Waals surface area contributed by atoms with E-state index >= 15 is 0 Å². The molecule has 0 bridgehead atoms. The third-order valence-electron chi connectivity index (χ3n) is 6.49. The third-order valence-corrected chi connectivity index (χ3v) is 7.30. The number of nitrogens with zero attached hydrogens (tertiary/aromatic N) is 4. The van der Waals surface area contributed by atoms with Crippen molar-refractivity contribution in [3.63, 3.8) is 0 Å². The summed E-state index contributed by atoms with van der Waals surface area (Å²) in [6.07, 6.45) is 5.42. The van der Waals surface area contributed by atoms with Gasteiger partial charge in [-0.1, -0.05) is 23.4 Å². The molecule has 2 fully saturated rings. The number of hydrogen-bond acceptors (Lipinski definition) is 9. The van der Waals surface area contributed by atoms with Crippen molar-refractivity contribution in [2.24, 2.45) is 5.92 Å². The Morgan fingerprint density at radius 2 is 2.06 bits per heavy atom. The van der Waals surface area contributed by atoms with Crippen molar-refractivity contribution < 1.29 is 14.1 Å². The zero-order valence-electron chi connectivity index (χ0n) is 20.3. The van der Waals surface area contributed by atoms with Gasteiger partial charge in [0.15, 0.2) is 0 Å². The minimum absolute atomic E-state index is 0.353. The topological polar surface area (TPSA) is 113 Å². The maximum absolute atomic E-state index is 11.8. The Labute approximate surface area is 213 Å². The number of imide groups is 1. The summed E-state index contributed by atoms with van der Waals surface area (Å²) in [7, 11) is 0. The van der Waals surface area contributed by atoms with E-state index in [0.29, 0.717) is 22.5 Å². The molecule has 0 unspecified atom stereocenters. The van der Waals surface area contributed by atoms with Crippen molar-refractivity contribution in [2.75, 3.05) is 24.5 Å². The number of carbonyl (C=O) groups excluding carboxylic acids is 2. The molecule has 2 aliphatic rings. The fourth-order valence-corrected chi connectivity index (χ4v) is 5.31. The monoisotopic (exact) mass is 504 g/mol. The Kier molecular flexibility index (Phi) is 7.15. The van der Waals surface area contributed by atoms with Gasteiger partial charge >= 0.3 is 0 Å². The lowest BCUT2D eigenvalue weighted by Crippen LogP contribution is -2.38. The fraction of sp³-hybridized carbons (Fsp3) is 0.346. The van der Waals surface area contributed by atoms with Crippen LogP contribution in [0.3, 0.4) is 0 Å². The van der Waals surface area contributed by atoms with Gasteiger partial charge in [0.05, 0.1) is 16.3 Å². The van der Waals surface area contributed by atoms with Gasteiger partial charge in [-0.2, -0.15) is 0 Å². The number of thioether (sulfide) groups is 1. The molecule has 186 valence electrons. The van der Waals surface area contributed by atoms with Crippen molar-refractivity contribution in [3.05, 3.63) is 64.1 Å². The Bertz CT molecular complexity index is 1290. The summed E-state index contributed by atoms with van der Waals surface area (Å²) < 4.78 is 5.32. The van der Waals surface area contributed by atoms with Crippen LogP contribution in [-0.4, -0.2) is 45.9 Å². The molecule has 2 aromatic heterocycles. The number of piperidine rings is 1. The molecule has 5 rings (SSSR count). The molecule has 9 nitrogen and oxygen atoms in total. The molecular weight excluding hydrogens is 476 g/mol. The van der Waals surface area contributed by atoms with Gasteiger partial charge < -0.3 is 14.7 Å². The van der Waals surface area contributed by atoms with Crippen LogP contribution in [-0.2, 0) is 11.3 Å². The molecule has 2 N–H and O–H groups in total. The minimum atomic E-state index is -0.381. The number of benzene rings is 1. The van der Waals surface area contributed by atoms with E-state index in [2.05, 4.69) is 54.9 Å². The first-order chi connectivity index (χ1) is 17.5. The van der Waals surface area contributed by atoms with Crippen LogP contribution in [0.15, 0.2) is 46.0 Å². The molecule has 0 saturated carbocycles. The van der Waals surface area contributed by atoms with Crippen molar-refractivity contribution in [1.82, 2.24) is 25.8 Å². The highest BCUT2D eigenvalue weighted by atomic mass is 32.2. The summed E-state index contributed by atoms with van der Waals surface area (Å²) in [6, 6.07) is 10.3. The lowest BCUT2D eigenvalue weighted by Gasteiger charge is -2.32. The molecule has 2 amide bonds. The van der Waals surface area contributed by atoms with E-state index < -0.39 is 0 Å². The molecule has 36 heavy (non-hydrogen) atoms. The molecule has 0 radical (unpaired) electrons. The summed E-state index contributed by atoms with van der Waals surface area (Å²) in [5.74, 6) is 1.70. The number of nitrogens with one attached hydrogen (secondary N) is 2. The zero-order valence-corrected chi connectivity index (χ0v) is 21.1. The van der Waals surface area contributed by atoms with Crippen LogP contribution in [0.5, 0.6) is 0 Å². The Morgan fingerprint density at radius 3 is 2.78 bits per heavy atom. The molecule has 2 saturated heterocycles. The minimum Gasteiger partial charge on any atom is -0.361 e. The number of rotatable bonds is 7. The second kappa shape index (κ2) is 10.6. The highest BCUT2D eigenvalue weighted by molar-refractivity contribution is 8.18. The molecule has 0 atom stereocenters. The first-order valence-electron chi connectivity index (χ1n) is 12.0. The molecular formula is C26H28N6O3S. The number of aromatic nitrogens is 3. The zero-order chi connectivity index (χ0) is 25.1. The lowest BCUT2D eigenvalue weighted by molar-refractivity contribution is -0.115. The molecule has 0 spiro atoms. The van der Waals surface area contributed by atoms with Crippen LogP contribution >= 0.6 is 11.8 Å². The van der Waals surface area contributed by atoms with E-state index in [1.807, 2.05) is 13.8 Å². The first kappa shape index (κ1) is 24.2. The van der Waals surface area contributed by atoms with Crippen molar-refractivity contribution in [3.8, 4) is 11.1 Å².